The maximum Gasteiger partial charge on any atom is 0.411 e. The molecule has 0 saturated carbocycles. The summed E-state index contributed by atoms with van der Waals surface area (Å²) in [5, 5.41) is 9.98. The van der Waals surface area contributed by atoms with Gasteiger partial charge in [0, 0.05) is 11.8 Å². The quantitative estimate of drug-likeness (QED) is 0.0560. The van der Waals surface area contributed by atoms with Gasteiger partial charge < -0.3 is 42.3 Å². The van der Waals surface area contributed by atoms with Crippen LogP contribution >= 0.6 is 0 Å². The van der Waals surface area contributed by atoms with E-state index in [9.17, 15) is 31.4 Å². The zero-order chi connectivity index (χ0) is 38.1. The van der Waals surface area contributed by atoms with Gasteiger partial charge in [0.15, 0.2) is 11.5 Å². The summed E-state index contributed by atoms with van der Waals surface area (Å²) >= 11 is 0. The van der Waals surface area contributed by atoms with Gasteiger partial charge in [0.25, 0.3) is 0 Å². The van der Waals surface area contributed by atoms with E-state index in [4.69, 9.17) is 37.1 Å². The molecule has 0 aliphatic heterocycles. The van der Waals surface area contributed by atoms with Crippen LogP contribution in [-0.2, 0) is 5.41 Å². The van der Waals surface area contributed by atoms with Gasteiger partial charge in [-0.15, -0.1) is 0 Å². The number of alkyl halides is 6. The molecule has 14 heteroatoms. The number of nitrogen functional groups attached to an aromatic ring is 4. The average molecular weight is 733 g/mol. The normalized spacial score (nSPS) is 12.0. The molecular formula is C39H30F6N4O4. The highest BCUT2D eigenvalue weighted by molar-refractivity contribution is 5.66. The van der Waals surface area contributed by atoms with Crippen molar-refractivity contribution in [3.63, 3.8) is 0 Å². The fraction of sp³-hybridized carbons (Fsp3) is 0.0769. The van der Waals surface area contributed by atoms with Gasteiger partial charge in [-0.25, -0.2) is 0 Å². The number of benzene rings is 6. The zero-order valence-electron chi connectivity index (χ0n) is 27.4. The summed E-state index contributed by atoms with van der Waals surface area (Å²) in [4.78, 5) is 0. The number of anilines is 4. The highest BCUT2D eigenvalue weighted by atomic mass is 19.4. The molecule has 0 saturated heterocycles. The summed E-state index contributed by atoms with van der Waals surface area (Å²) in [5.41, 5.74) is 17.7. The van der Waals surface area contributed by atoms with E-state index < -0.39 is 46.1 Å². The third kappa shape index (κ3) is 7.24. The molecule has 0 aliphatic carbocycles. The lowest BCUT2D eigenvalue weighted by atomic mass is 9.72. The summed E-state index contributed by atoms with van der Waals surface area (Å²) in [6, 6.07) is 29.3. The second kappa shape index (κ2) is 13.8. The van der Waals surface area contributed by atoms with Crippen molar-refractivity contribution in [1.29, 1.82) is 0 Å². The van der Waals surface area contributed by atoms with Gasteiger partial charge in [-0.2, -0.15) is 26.3 Å². The summed E-state index contributed by atoms with van der Waals surface area (Å²) in [7, 11) is 0. The first-order valence-electron chi connectivity index (χ1n) is 15.7. The van der Waals surface area contributed by atoms with Gasteiger partial charge in [-0.3, -0.25) is 0 Å². The first-order valence-corrected chi connectivity index (χ1v) is 15.7. The standard InChI is InChI=1S/C39H30F6N4O4/c40-38(41,42)37(39(43,44)45,24-5-16-31(47)34(50)19-24)25-6-17-32(48)35(20-25)53-36-21-30(15-18-33(36)49)52-28-11-3-23(4-12-28)22-1-9-27(10-2-22)51-29-13-7-26(46)8-14-29/h1-21,50H,46-49H2. The van der Waals surface area contributed by atoms with E-state index in [2.05, 4.69) is 0 Å². The fourth-order valence-corrected chi connectivity index (χ4v) is 5.64. The van der Waals surface area contributed by atoms with Gasteiger partial charge in [0.2, 0.25) is 5.41 Å². The van der Waals surface area contributed by atoms with Gasteiger partial charge in [0.1, 0.15) is 28.7 Å². The Bertz CT molecular complexity index is 2230. The molecular weight excluding hydrogens is 702 g/mol. The first kappa shape index (κ1) is 36.1. The van der Waals surface area contributed by atoms with Crippen molar-refractivity contribution >= 4 is 22.7 Å². The molecule has 0 heterocycles. The van der Waals surface area contributed by atoms with E-state index in [0.29, 0.717) is 47.2 Å². The lowest BCUT2D eigenvalue weighted by molar-refractivity contribution is -0.288. The predicted molar refractivity (Wildman–Crippen MR) is 190 cm³/mol. The number of hydrogen-bond donors (Lipinski definition) is 5. The Morgan fingerprint density at radius 1 is 0.415 bits per heavy atom. The molecule has 0 amide bonds. The van der Waals surface area contributed by atoms with Gasteiger partial charge >= 0.3 is 12.4 Å². The number of nitrogens with two attached hydrogens (primary N) is 4. The van der Waals surface area contributed by atoms with Crippen LogP contribution in [0.15, 0.2) is 127 Å². The SMILES string of the molecule is Nc1ccc(Oc2ccc(-c3ccc(Oc4ccc(N)c(Oc5cc(C(c6ccc(N)c(O)c6)(C(F)(F)F)C(F)(F)F)ccc5N)c4)cc3)cc2)cc1. The third-order valence-electron chi connectivity index (χ3n) is 8.36. The molecule has 9 N–H and O–H groups in total. The Morgan fingerprint density at radius 3 is 1.30 bits per heavy atom. The van der Waals surface area contributed by atoms with Crippen molar-refractivity contribution < 1.29 is 45.7 Å². The molecule has 0 radical (unpaired) electrons. The van der Waals surface area contributed by atoms with Gasteiger partial charge in [-0.1, -0.05) is 36.4 Å². The van der Waals surface area contributed by atoms with E-state index >= 15 is 0 Å². The van der Waals surface area contributed by atoms with Crippen molar-refractivity contribution in [3.05, 3.63) is 139 Å². The minimum Gasteiger partial charge on any atom is -0.506 e. The van der Waals surface area contributed by atoms with E-state index in [1.807, 2.05) is 36.4 Å². The van der Waals surface area contributed by atoms with E-state index in [0.717, 1.165) is 23.3 Å². The van der Waals surface area contributed by atoms with Crippen molar-refractivity contribution in [1.82, 2.24) is 0 Å². The topological polar surface area (TPSA) is 152 Å². The maximum absolute atomic E-state index is 14.7. The van der Waals surface area contributed by atoms with Crippen LogP contribution < -0.4 is 37.1 Å². The summed E-state index contributed by atoms with van der Waals surface area (Å²) in [6.45, 7) is 0. The Labute approximate surface area is 298 Å². The van der Waals surface area contributed by atoms with Crippen LogP contribution in [-0.4, -0.2) is 17.5 Å². The molecule has 0 aromatic heterocycles. The highest BCUT2D eigenvalue weighted by Crippen LogP contribution is 2.57. The van der Waals surface area contributed by atoms with Crippen molar-refractivity contribution in [3.8, 4) is 51.4 Å². The first-order chi connectivity index (χ1) is 25.0. The van der Waals surface area contributed by atoms with Crippen molar-refractivity contribution in [2.75, 3.05) is 22.9 Å². The number of rotatable bonds is 9. The van der Waals surface area contributed by atoms with Crippen LogP contribution in [0, 0.1) is 0 Å². The monoisotopic (exact) mass is 732 g/mol. The number of phenols is 1. The summed E-state index contributed by atoms with van der Waals surface area (Å²) in [6.07, 6.45) is -11.9. The number of hydrogen-bond acceptors (Lipinski definition) is 8. The van der Waals surface area contributed by atoms with Crippen LogP contribution in [0.2, 0.25) is 0 Å². The number of phenolic OH excluding ortho intramolecular Hbond substituents is 1. The Kier molecular flexibility index (Phi) is 9.39. The molecule has 0 bridgehead atoms. The van der Waals surface area contributed by atoms with Crippen molar-refractivity contribution in [2.24, 2.45) is 0 Å². The molecule has 6 aromatic carbocycles. The van der Waals surface area contributed by atoms with Crippen LogP contribution in [0.25, 0.3) is 11.1 Å². The third-order valence-corrected chi connectivity index (χ3v) is 8.36. The number of halogens is 6. The molecule has 272 valence electrons. The molecule has 0 atom stereocenters. The molecule has 0 unspecified atom stereocenters. The minimum absolute atomic E-state index is 0.0114. The van der Waals surface area contributed by atoms with Gasteiger partial charge in [0.05, 0.1) is 17.1 Å². The largest absolute Gasteiger partial charge is 0.506 e. The Morgan fingerprint density at radius 2 is 0.811 bits per heavy atom. The summed E-state index contributed by atoms with van der Waals surface area (Å²) in [5.74, 6) is 0.219. The molecule has 0 aliphatic rings. The maximum atomic E-state index is 14.7. The van der Waals surface area contributed by atoms with Crippen LogP contribution in [0.5, 0.6) is 40.2 Å². The fourth-order valence-electron chi connectivity index (χ4n) is 5.64. The van der Waals surface area contributed by atoms with Crippen LogP contribution in [0.3, 0.4) is 0 Å². The molecule has 53 heavy (non-hydrogen) atoms. The molecule has 8 nitrogen and oxygen atoms in total. The second-order valence-corrected chi connectivity index (χ2v) is 11.9. The lowest BCUT2D eigenvalue weighted by Gasteiger charge is -2.38. The predicted octanol–water partition coefficient (Wildman–Crippen LogP) is 10.2. The van der Waals surface area contributed by atoms with E-state index in [-0.39, 0.29) is 22.9 Å². The molecule has 6 aromatic rings. The van der Waals surface area contributed by atoms with Crippen molar-refractivity contribution in [2.45, 2.75) is 17.8 Å². The number of ether oxygens (including phenoxy) is 3. The second-order valence-electron chi connectivity index (χ2n) is 11.9. The van der Waals surface area contributed by atoms with E-state index in [1.54, 1.807) is 36.4 Å². The minimum atomic E-state index is -5.94. The molecule has 0 fully saturated rings. The zero-order valence-corrected chi connectivity index (χ0v) is 27.4. The highest BCUT2D eigenvalue weighted by Gasteiger charge is 2.72. The summed E-state index contributed by atoms with van der Waals surface area (Å²) < 4.78 is 106. The van der Waals surface area contributed by atoms with Crippen LogP contribution in [0.4, 0.5) is 49.1 Å². The lowest BCUT2D eigenvalue weighted by Crippen LogP contribution is -2.54. The molecule has 6 rings (SSSR count). The van der Waals surface area contributed by atoms with Gasteiger partial charge in [-0.05, 0) is 107 Å². The smallest absolute Gasteiger partial charge is 0.411 e. The Hall–Kier alpha value is -6.70. The number of aromatic hydroxyl groups is 1. The van der Waals surface area contributed by atoms with Crippen LogP contribution in [0.1, 0.15) is 11.1 Å². The average Bonchev–Trinajstić information content (AvgIpc) is 3.10. The molecule has 0 spiro atoms. The van der Waals surface area contributed by atoms with E-state index in [1.165, 1.54) is 18.2 Å². The Balaban J connectivity index is 1.24.